The first-order valence-corrected chi connectivity index (χ1v) is 11.6. The van der Waals surface area contributed by atoms with Gasteiger partial charge in [0.05, 0.1) is 7.14 Å². The molecule has 0 saturated heterocycles. The normalized spacial score (nSPS) is 15.7. The Balaban J connectivity index is 5.48. The zero-order valence-corrected chi connectivity index (χ0v) is 18.5. The highest BCUT2D eigenvalue weighted by atomic mass is 31.2. The van der Waals surface area contributed by atoms with Crippen molar-refractivity contribution in [3.63, 3.8) is 0 Å². The van der Waals surface area contributed by atoms with Crippen molar-refractivity contribution in [2.75, 3.05) is 12.3 Å². The Bertz CT molecular complexity index is 351. The quantitative estimate of drug-likeness (QED) is 0.506. The molecule has 0 amide bonds. The van der Waals surface area contributed by atoms with E-state index in [9.17, 15) is 4.57 Å². The van der Waals surface area contributed by atoms with Gasteiger partial charge in [0.2, 0.25) is 0 Å². The fourth-order valence-electron chi connectivity index (χ4n) is 3.59. The Hall–Kier alpha value is 0.660. The van der Waals surface area contributed by atoms with Crippen molar-refractivity contribution < 1.29 is 4.57 Å². The van der Waals surface area contributed by atoms with E-state index >= 15 is 0 Å². The monoisotopic (exact) mass is 334 g/mol. The van der Waals surface area contributed by atoms with Crippen LogP contribution >= 0.6 is 15.1 Å². The second-order valence-electron chi connectivity index (χ2n) is 10.3. The van der Waals surface area contributed by atoms with E-state index in [1.807, 2.05) is 0 Å². The molecule has 1 nitrogen and oxygen atoms in total. The third kappa shape index (κ3) is 5.35. The fourth-order valence-corrected chi connectivity index (χ4v) is 12.2. The third-order valence-electron chi connectivity index (χ3n) is 4.43. The van der Waals surface area contributed by atoms with Gasteiger partial charge in [-0.15, -0.1) is 0 Å². The van der Waals surface area contributed by atoms with Gasteiger partial charge in [-0.25, -0.2) is 0 Å². The molecule has 21 heavy (non-hydrogen) atoms. The smallest absolute Gasteiger partial charge is 0.0981 e. The van der Waals surface area contributed by atoms with Crippen molar-refractivity contribution in [2.45, 2.75) is 104 Å². The minimum absolute atomic E-state index is 0.109. The lowest BCUT2D eigenvalue weighted by atomic mass is 10.2. The van der Waals surface area contributed by atoms with Gasteiger partial charge in [0, 0.05) is 16.5 Å². The topological polar surface area (TPSA) is 17.1 Å². The van der Waals surface area contributed by atoms with Crippen LogP contribution in [0, 0.1) is 0 Å². The molecule has 0 N–H and O–H groups in total. The zero-order chi connectivity index (χ0) is 17.5. The summed E-state index contributed by atoms with van der Waals surface area (Å²) < 4.78 is 13.8. The van der Waals surface area contributed by atoms with Gasteiger partial charge in [-0.2, -0.15) is 0 Å². The maximum atomic E-state index is 13.8. The third-order valence-corrected chi connectivity index (χ3v) is 13.9. The molecule has 0 bridgehead atoms. The van der Waals surface area contributed by atoms with Crippen LogP contribution in [0.1, 0.15) is 83.1 Å². The van der Waals surface area contributed by atoms with Crippen LogP contribution in [0.25, 0.3) is 0 Å². The summed E-state index contributed by atoms with van der Waals surface area (Å²) >= 11 is 0. The van der Waals surface area contributed by atoms with Crippen LogP contribution < -0.4 is 0 Å². The van der Waals surface area contributed by atoms with E-state index in [1.165, 1.54) is 0 Å². The first kappa shape index (κ1) is 21.7. The summed E-state index contributed by atoms with van der Waals surface area (Å²) in [4.78, 5) is 0. The van der Waals surface area contributed by atoms with Crippen LogP contribution in [0.2, 0.25) is 0 Å². The van der Waals surface area contributed by atoms with Gasteiger partial charge in [-0.1, -0.05) is 91.0 Å². The van der Waals surface area contributed by atoms with Crippen molar-refractivity contribution in [3.8, 4) is 0 Å². The molecule has 0 aliphatic carbocycles. The van der Waals surface area contributed by atoms with Gasteiger partial charge in [-0.3, -0.25) is 0 Å². The molecule has 0 fully saturated rings. The predicted molar refractivity (Wildman–Crippen MR) is 103 cm³/mol. The van der Waals surface area contributed by atoms with E-state index in [0.717, 1.165) is 12.3 Å². The lowest BCUT2D eigenvalue weighted by molar-refractivity contribution is 0.518. The van der Waals surface area contributed by atoms with Crippen LogP contribution in [-0.2, 0) is 4.57 Å². The van der Waals surface area contributed by atoms with Gasteiger partial charge in [-0.05, 0) is 16.5 Å². The molecule has 0 atom stereocenters. The van der Waals surface area contributed by atoms with E-state index in [1.54, 1.807) is 0 Å². The molecule has 0 aromatic rings. The van der Waals surface area contributed by atoms with Crippen LogP contribution in [0.15, 0.2) is 0 Å². The molecule has 0 unspecified atom stereocenters. The Kier molecular flexibility index (Phi) is 6.48. The standard InChI is InChI=1S/C18H40OP2/c1-15(2,3)20(16(4,5)6)13-14-21(19,17(7,8)9)18(10,11)12/h13-14H2,1-12H3. The average Bonchev–Trinajstić information content (AvgIpc) is 2.08. The zero-order valence-electron chi connectivity index (χ0n) is 16.7. The lowest BCUT2D eigenvalue weighted by Crippen LogP contribution is -2.33. The number of rotatable bonds is 3. The summed E-state index contributed by atoms with van der Waals surface area (Å²) in [5, 5.41) is 0.409. The second kappa shape index (κ2) is 6.28. The van der Waals surface area contributed by atoms with Crippen molar-refractivity contribution in [1.82, 2.24) is 0 Å². The van der Waals surface area contributed by atoms with E-state index in [0.29, 0.717) is 10.3 Å². The molecule has 128 valence electrons. The Morgan fingerprint density at radius 2 is 0.952 bits per heavy atom. The van der Waals surface area contributed by atoms with Crippen molar-refractivity contribution in [3.05, 3.63) is 0 Å². The van der Waals surface area contributed by atoms with Gasteiger partial charge in [0.15, 0.2) is 0 Å². The van der Waals surface area contributed by atoms with E-state index in [2.05, 4.69) is 83.1 Å². The molecule has 3 heteroatoms. The highest BCUT2D eigenvalue weighted by Gasteiger charge is 2.47. The van der Waals surface area contributed by atoms with E-state index in [-0.39, 0.29) is 18.2 Å². The van der Waals surface area contributed by atoms with Crippen molar-refractivity contribution >= 4 is 15.1 Å². The van der Waals surface area contributed by atoms with E-state index < -0.39 is 7.14 Å². The number of hydrogen-bond donors (Lipinski definition) is 0. The molecule has 0 radical (unpaired) electrons. The Labute approximate surface area is 136 Å². The molecular formula is C18H40OP2. The molecule has 0 aromatic carbocycles. The molecule has 0 aliphatic heterocycles. The van der Waals surface area contributed by atoms with Gasteiger partial charge in [0.1, 0.15) is 0 Å². The predicted octanol–water partition coefficient (Wildman–Crippen LogP) is 7.03. The molecule has 0 rings (SSSR count). The second-order valence-corrected chi connectivity index (χ2v) is 18.9. The Morgan fingerprint density at radius 3 is 1.14 bits per heavy atom. The minimum Gasteiger partial charge on any atom is -0.322 e. The minimum atomic E-state index is -2.26. The summed E-state index contributed by atoms with van der Waals surface area (Å²) in [7, 11) is -2.44. The largest absolute Gasteiger partial charge is 0.322 e. The van der Waals surface area contributed by atoms with Crippen molar-refractivity contribution in [2.24, 2.45) is 0 Å². The maximum absolute atomic E-state index is 13.8. The van der Waals surface area contributed by atoms with E-state index in [4.69, 9.17) is 0 Å². The first-order valence-electron chi connectivity index (χ1n) is 8.21. The fraction of sp³-hybridized carbons (Fsp3) is 1.00. The summed E-state index contributed by atoms with van der Waals surface area (Å²) in [6, 6.07) is 0. The molecule has 0 aliphatic rings. The first-order chi connectivity index (χ1) is 8.84. The molecule has 0 saturated carbocycles. The van der Waals surface area contributed by atoms with Crippen molar-refractivity contribution in [1.29, 1.82) is 0 Å². The van der Waals surface area contributed by atoms with Crippen LogP contribution in [0.4, 0.5) is 0 Å². The van der Waals surface area contributed by atoms with Gasteiger partial charge < -0.3 is 4.57 Å². The summed E-state index contributed by atoms with van der Waals surface area (Å²) in [5.41, 5.74) is 0. The van der Waals surface area contributed by atoms with Crippen LogP contribution in [0.3, 0.4) is 0 Å². The van der Waals surface area contributed by atoms with Crippen LogP contribution in [0.5, 0.6) is 0 Å². The van der Waals surface area contributed by atoms with Gasteiger partial charge >= 0.3 is 0 Å². The molecule has 0 heterocycles. The lowest BCUT2D eigenvalue weighted by Gasteiger charge is -2.46. The molecular weight excluding hydrogens is 294 g/mol. The summed E-state index contributed by atoms with van der Waals surface area (Å²) in [6.07, 6.45) is 2.01. The molecule has 0 spiro atoms. The van der Waals surface area contributed by atoms with Crippen LogP contribution in [-0.4, -0.2) is 32.9 Å². The SMILES string of the molecule is CC(C)(C)P(CCP(=O)(C(C)(C)C)C(C)(C)C)C(C)(C)C. The summed E-state index contributed by atoms with van der Waals surface area (Å²) in [6.45, 7) is 27.1. The van der Waals surface area contributed by atoms with Gasteiger partial charge in [0.25, 0.3) is 0 Å². The average molecular weight is 334 g/mol. The molecule has 0 aromatic heterocycles. The highest BCUT2D eigenvalue weighted by Crippen LogP contribution is 2.69. The summed E-state index contributed by atoms with van der Waals surface area (Å²) in [5.74, 6) is 0. The Morgan fingerprint density at radius 1 is 0.667 bits per heavy atom. The maximum Gasteiger partial charge on any atom is 0.0981 e. The number of hydrogen-bond acceptors (Lipinski definition) is 1. The highest BCUT2D eigenvalue weighted by molar-refractivity contribution is 7.68.